The van der Waals surface area contributed by atoms with Gasteiger partial charge in [-0.3, -0.25) is 0 Å². The average molecular weight is 284 g/mol. The van der Waals surface area contributed by atoms with E-state index in [0.717, 1.165) is 5.75 Å². The smallest absolute Gasteiger partial charge is 0.207 e. The van der Waals surface area contributed by atoms with Gasteiger partial charge in [-0.25, -0.2) is 8.42 Å². The highest BCUT2D eigenvalue weighted by Crippen LogP contribution is 2.18. The number of benzene rings is 1. The van der Waals surface area contributed by atoms with Gasteiger partial charge in [-0.05, 0) is 37.4 Å². The van der Waals surface area contributed by atoms with Crippen molar-refractivity contribution in [2.24, 2.45) is 0 Å². The highest BCUT2D eigenvalue weighted by atomic mass is 32.2. The summed E-state index contributed by atoms with van der Waals surface area (Å²) in [6.45, 7) is 1.87. The van der Waals surface area contributed by atoms with E-state index in [4.69, 9.17) is 5.26 Å². The summed E-state index contributed by atoms with van der Waals surface area (Å²) in [7, 11) is -1.90. The van der Waals surface area contributed by atoms with Crippen molar-refractivity contribution in [2.45, 2.75) is 17.9 Å². The van der Waals surface area contributed by atoms with Gasteiger partial charge in [0.25, 0.3) is 0 Å². The van der Waals surface area contributed by atoms with E-state index in [1.807, 2.05) is 19.2 Å². The fourth-order valence-corrected chi connectivity index (χ4v) is 3.61. The van der Waals surface area contributed by atoms with Crippen LogP contribution >= 0.6 is 11.8 Å². The Balaban J connectivity index is 3.02. The molecule has 1 atom stereocenters. The summed E-state index contributed by atoms with van der Waals surface area (Å²) in [5.74, 6) is 0.742. The molecule has 0 fully saturated rings. The van der Waals surface area contributed by atoms with Gasteiger partial charge in [0, 0.05) is 18.8 Å². The summed E-state index contributed by atoms with van der Waals surface area (Å²) in [6, 6.07) is 7.86. The van der Waals surface area contributed by atoms with Crippen molar-refractivity contribution >= 4 is 21.8 Å². The number of thioether (sulfide) groups is 1. The monoisotopic (exact) mass is 284 g/mol. The predicted octanol–water partition coefficient (Wildman–Crippen LogP) is 1.93. The Morgan fingerprint density at radius 3 is 2.39 bits per heavy atom. The number of hydrogen-bond donors (Lipinski definition) is 0. The van der Waals surface area contributed by atoms with Crippen LogP contribution in [0.25, 0.3) is 0 Å². The van der Waals surface area contributed by atoms with Gasteiger partial charge < -0.3 is 0 Å². The molecular formula is C12H16N2O2S2. The van der Waals surface area contributed by atoms with Crippen molar-refractivity contribution in [1.82, 2.24) is 4.31 Å². The number of hydrogen-bond acceptors (Lipinski definition) is 4. The second-order valence-electron chi connectivity index (χ2n) is 3.96. The molecular weight excluding hydrogens is 268 g/mol. The Kier molecular flexibility index (Phi) is 5.20. The Hall–Kier alpha value is -1.03. The lowest BCUT2D eigenvalue weighted by Crippen LogP contribution is -2.36. The van der Waals surface area contributed by atoms with Crippen LogP contribution in [-0.2, 0) is 10.0 Å². The zero-order valence-corrected chi connectivity index (χ0v) is 12.3. The molecule has 4 nitrogen and oxygen atoms in total. The van der Waals surface area contributed by atoms with Gasteiger partial charge in [-0.15, -0.1) is 0 Å². The van der Waals surface area contributed by atoms with E-state index in [9.17, 15) is 8.42 Å². The summed E-state index contributed by atoms with van der Waals surface area (Å²) in [5.41, 5.74) is 0.453. The summed E-state index contributed by atoms with van der Waals surface area (Å²) in [6.07, 6.45) is 1.94. The second-order valence-corrected chi connectivity index (χ2v) is 6.87. The molecule has 0 spiro atoms. The molecule has 0 saturated carbocycles. The van der Waals surface area contributed by atoms with E-state index in [1.165, 1.54) is 28.6 Å². The molecule has 1 aromatic carbocycles. The summed E-state index contributed by atoms with van der Waals surface area (Å²) < 4.78 is 25.9. The number of nitriles is 1. The largest absolute Gasteiger partial charge is 0.243 e. The quantitative estimate of drug-likeness (QED) is 0.829. The first-order chi connectivity index (χ1) is 8.43. The SMILES string of the molecule is CSCC(C)N(C)S(=O)(=O)c1ccc(C#N)cc1. The maximum absolute atomic E-state index is 12.3. The fourth-order valence-electron chi connectivity index (χ4n) is 1.45. The standard InChI is InChI=1S/C12H16N2O2S2/c1-10(9-17-3)14(2)18(15,16)12-6-4-11(8-13)5-7-12/h4-7,10H,9H2,1-3H3. The van der Waals surface area contributed by atoms with Gasteiger partial charge >= 0.3 is 0 Å². The molecule has 1 unspecified atom stereocenters. The lowest BCUT2D eigenvalue weighted by atomic mass is 10.2. The molecule has 0 aliphatic carbocycles. The van der Waals surface area contributed by atoms with Crippen LogP contribution in [0.1, 0.15) is 12.5 Å². The summed E-state index contributed by atoms with van der Waals surface area (Å²) in [5, 5.41) is 8.69. The Morgan fingerprint density at radius 1 is 1.39 bits per heavy atom. The molecule has 0 amide bonds. The molecule has 0 radical (unpaired) electrons. The highest BCUT2D eigenvalue weighted by molar-refractivity contribution is 7.98. The molecule has 1 rings (SSSR count). The third-order valence-electron chi connectivity index (χ3n) is 2.69. The topological polar surface area (TPSA) is 61.2 Å². The van der Waals surface area contributed by atoms with Gasteiger partial charge in [0.05, 0.1) is 16.5 Å². The van der Waals surface area contributed by atoms with E-state index in [0.29, 0.717) is 5.56 Å². The normalized spacial score (nSPS) is 13.3. The zero-order chi connectivity index (χ0) is 13.8. The van der Waals surface area contributed by atoms with Gasteiger partial charge in [-0.2, -0.15) is 21.3 Å². The van der Waals surface area contributed by atoms with E-state index >= 15 is 0 Å². The molecule has 0 aliphatic rings. The number of sulfonamides is 1. The molecule has 0 bridgehead atoms. The first kappa shape index (κ1) is 15.0. The van der Waals surface area contributed by atoms with Crippen LogP contribution < -0.4 is 0 Å². The van der Waals surface area contributed by atoms with Crippen molar-refractivity contribution < 1.29 is 8.42 Å². The Labute approximate surface area is 113 Å². The van der Waals surface area contributed by atoms with Crippen LogP contribution in [0, 0.1) is 11.3 Å². The van der Waals surface area contributed by atoms with Crippen LogP contribution in [-0.4, -0.2) is 37.8 Å². The maximum Gasteiger partial charge on any atom is 0.243 e. The number of nitrogens with zero attached hydrogens (tertiary/aromatic N) is 2. The first-order valence-corrected chi connectivity index (χ1v) is 8.24. The minimum absolute atomic E-state index is 0.0688. The zero-order valence-electron chi connectivity index (χ0n) is 10.6. The van der Waals surface area contributed by atoms with Crippen LogP contribution in [0.2, 0.25) is 0 Å². The summed E-state index contributed by atoms with van der Waals surface area (Å²) >= 11 is 1.61. The minimum Gasteiger partial charge on any atom is -0.207 e. The molecule has 0 heterocycles. The molecule has 6 heteroatoms. The van der Waals surface area contributed by atoms with E-state index < -0.39 is 10.0 Å². The van der Waals surface area contributed by atoms with Crippen molar-refractivity contribution in [2.75, 3.05) is 19.1 Å². The van der Waals surface area contributed by atoms with Gasteiger partial charge in [0.2, 0.25) is 10.0 Å². The third kappa shape index (κ3) is 3.25. The number of rotatable bonds is 5. The molecule has 98 valence electrons. The van der Waals surface area contributed by atoms with Crippen molar-refractivity contribution in [3.63, 3.8) is 0 Å². The first-order valence-electron chi connectivity index (χ1n) is 5.40. The van der Waals surface area contributed by atoms with Gasteiger partial charge in [-0.1, -0.05) is 0 Å². The van der Waals surface area contributed by atoms with Crippen LogP contribution in [0.5, 0.6) is 0 Å². The highest BCUT2D eigenvalue weighted by Gasteiger charge is 2.24. The molecule has 1 aromatic rings. The summed E-state index contributed by atoms with van der Waals surface area (Å²) in [4.78, 5) is 0.219. The lowest BCUT2D eigenvalue weighted by molar-refractivity contribution is 0.415. The van der Waals surface area contributed by atoms with Crippen molar-refractivity contribution in [3.05, 3.63) is 29.8 Å². The molecule has 0 N–H and O–H groups in total. The van der Waals surface area contributed by atoms with Crippen LogP contribution in [0.4, 0.5) is 0 Å². The maximum atomic E-state index is 12.3. The van der Waals surface area contributed by atoms with Crippen LogP contribution in [0.3, 0.4) is 0 Å². The molecule has 0 saturated heterocycles. The van der Waals surface area contributed by atoms with Crippen molar-refractivity contribution in [1.29, 1.82) is 5.26 Å². The molecule has 0 aromatic heterocycles. The average Bonchev–Trinajstić information content (AvgIpc) is 2.38. The second kappa shape index (κ2) is 6.23. The van der Waals surface area contributed by atoms with Gasteiger partial charge in [0.1, 0.15) is 0 Å². The minimum atomic E-state index is -3.47. The Bertz CT molecular complexity index is 532. The van der Waals surface area contributed by atoms with Crippen molar-refractivity contribution in [3.8, 4) is 6.07 Å². The predicted molar refractivity (Wildman–Crippen MR) is 73.9 cm³/mol. The molecule has 18 heavy (non-hydrogen) atoms. The van der Waals surface area contributed by atoms with E-state index in [1.54, 1.807) is 18.8 Å². The van der Waals surface area contributed by atoms with E-state index in [-0.39, 0.29) is 10.9 Å². The van der Waals surface area contributed by atoms with Crippen LogP contribution in [0.15, 0.2) is 29.2 Å². The van der Waals surface area contributed by atoms with E-state index in [2.05, 4.69) is 0 Å². The third-order valence-corrected chi connectivity index (χ3v) is 5.49. The van der Waals surface area contributed by atoms with Gasteiger partial charge in [0.15, 0.2) is 0 Å². The molecule has 0 aliphatic heterocycles. The Morgan fingerprint density at radius 2 is 1.94 bits per heavy atom. The fraction of sp³-hybridized carbons (Fsp3) is 0.417. The lowest BCUT2D eigenvalue weighted by Gasteiger charge is -2.23.